The van der Waals surface area contributed by atoms with Gasteiger partial charge in [-0.05, 0) is 57.2 Å². The molecule has 0 bridgehead atoms. The van der Waals surface area contributed by atoms with E-state index in [0.29, 0.717) is 12.1 Å². The van der Waals surface area contributed by atoms with Crippen molar-refractivity contribution < 1.29 is 4.79 Å². The summed E-state index contributed by atoms with van der Waals surface area (Å²) in [6, 6.07) is 14.3. The molecular weight excluding hydrogens is 376 g/mol. The largest absolute Gasteiger partial charge is 0.348 e. The molecule has 1 amide bonds. The number of pyridine rings is 1. The van der Waals surface area contributed by atoms with Crippen molar-refractivity contribution in [2.45, 2.75) is 58.9 Å². The Bertz CT molecular complexity index is 960. The summed E-state index contributed by atoms with van der Waals surface area (Å²) < 4.78 is 0. The highest BCUT2D eigenvalue weighted by Crippen LogP contribution is 2.30. The maximum Gasteiger partial charge on any atom is 0.251 e. The molecule has 2 aromatic heterocycles. The van der Waals surface area contributed by atoms with Gasteiger partial charge in [-0.15, -0.1) is 11.3 Å². The van der Waals surface area contributed by atoms with Gasteiger partial charge in [0.15, 0.2) is 0 Å². The van der Waals surface area contributed by atoms with Crippen molar-refractivity contribution in [3.63, 3.8) is 0 Å². The van der Waals surface area contributed by atoms with E-state index in [1.807, 2.05) is 35.7 Å². The fraction of sp³-hybridized carbons (Fsp3) is 0.360. The third-order valence-electron chi connectivity index (χ3n) is 5.01. The molecule has 29 heavy (non-hydrogen) atoms. The molecule has 4 heteroatoms. The normalized spacial score (nSPS) is 12.1. The lowest BCUT2D eigenvalue weighted by Crippen LogP contribution is -2.25. The molecule has 0 aliphatic carbocycles. The Morgan fingerprint density at radius 2 is 1.62 bits per heavy atom. The summed E-state index contributed by atoms with van der Waals surface area (Å²) in [6.45, 7) is 13.5. The van der Waals surface area contributed by atoms with Gasteiger partial charge in [0, 0.05) is 18.3 Å². The van der Waals surface area contributed by atoms with Crippen LogP contribution < -0.4 is 5.32 Å². The molecule has 0 spiro atoms. The number of aromatic nitrogens is 1. The number of nitrogens with one attached hydrogen (secondary N) is 1. The third-order valence-corrected chi connectivity index (χ3v) is 5.89. The summed E-state index contributed by atoms with van der Waals surface area (Å²) in [6.07, 6.45) is 1.79. The van der Waals surface area contributed by atoms with Crippen LogP contribution >= 0.6 is 11.3 Å². The summed E-state index contributed by atoms with van der Waals surface area (Å²) in [7, 11) is 0. The molecule has 1 N–H and O–H groups in total. The van der Waals surface area contributed by atoms with Crippen LogP contribution in [0.4, 0.5) is 0 Å². The molecule has 3 nitrogen and oxygen atoms in total. The molecule has 0 fully saturated rings. The van der Waals surface area contributed by atoms with Gasteiger partial charge in [-0.3, -0.25) is 9.78 Å². The lowest BCUT2D eigenvalue weighted by atomic mass is 9.79. The summed E-state index contributed by atoms with van der Waals surface area (Å²) in [5.74, 6) is -0.0532. The van der Waals surface area contributed by atoms with Gasteiger partial charge in [-0.2, -0.15) is 0 Å². The van der Waals surface area contributed by atoms with Crippen LogP contribution in [0.2, 0.25) is 0 Å². The highest BCUT2D eigenvalue weighted by molar-refractivity contribution is 7.13. The molecule has 0 aliphatic rings. The molecule has 1 aromatic carbocycles. The van der Waals surface area contributed by atoms with Crippen molar-refractivity contribution in [3.05, 3.63) is 76.3 Å². The van der Waals surface area contributed by atoms with E-state index < -0.39 is 0 Å². The van der Waals surface area contributed by atoms with Crippen LogP contribution in [0.25, 0.3) is 10.6 Å². The second-order valence-electron chi connectivity index (χ2n) is 9.47. The summed E-state index contributed by atoms with van der Waals surface area (Å²) in [5.41, 5.74) is 4.97. The monoisotopic (exact) mass is 406 g/mol. The highest BCUT2D eigenvalue weighted by Gasteiger charge is 2.22. The lowest BCUT2D eigenvalue weighted by molar-refractivity contribution is 0.0950. The van der Waals surface area contributed by atoms with Gasteiger partial charge < -0.3 is 5.32 Å². The van der Waals surface area contributed by atoms with Crippen LogP contribution in [0.1, 0.15) is 68.6 Å². The van der Waals surface area contributed by atoms with Crippen molar-refractivity contribution in [1.29, 1.82) is 0 Å². The topological polar surface area (TPSA) is 42.0 Å². The molecule has 0 unspecified atom stereocenters. The predicted molar refractivity (Wildman–Crippen MR) is 123 cm³/mol. The van der Waals surface area contributed by atoms with Gasteiger partial charge in [0.05, 0.1) is 10.6 Å². The van der Waals surface area contributed by atoms with Crippen LogP contribution in [0.5, 0.6) is 0 Å². The maximum absolute atomic E-state index is 13.0. The molecule has 3 aromatic rings. The number of hydrogen-bond donors (Lipinski definition) is 1. The van der Waals surface area contributed by atoms with Crippen molar-refractivity contribution in [1.82, 2.24) is 10.3 Å². The van der Waals surface area contributed by atoms with Crippen LogP contribution in [0.3, 0.4) is 0 Å². The van der Waals surface area contributed by atoms with Gasteiger partial charge >= 0.3 is 0 Å². The zero-order valence-electron chi connectivity index (χ0n) is 18.2. The minimum Gasteiger partial charge on any atom is -0.348 e. The zero-order chi connectivity index (χ0) is 21.2. The Balaban J connectivity index is 1.87. The highest BCUT2D eigenvalue weighted by atomic mass is 32.1. The summed E-state index contributed by atoms with van der Waals surface area (Å²) in [4.78, 5) is 18.7. The lowest BCUT2D eigenvalue weighted by Gasteiger charge is -2.26. The van der Waals surface area contributed by atoms with Gasteiger partial charge in [-0.25, -0.2) is 0 Å². The molecule has 2 heterocycles. The molecule has 3 rings (SSSR count). The van der Waals surface area contributed by atoms with Crippen molar-refractivity contribution in [3.8, 4) is 10.6 Å². The molecule has 0 saturated heterocycles. The van der Waals surface area contributed by atoms with E-state index in [9.17, 15) is 4.79 Å². The minimum absolute atomic E-state index is 0.0218. The van der Waals surface area contributed by atoms with Gasteiger partial charge in [0.25, 0.3) is 5.91 Å². The van der Waals surface area contributed by atoms with Crippen molar-refractivity contribution in [2.75, 3.05) is 0 Å². The molecule has 0 saturated carbocycles. The van der Waals surface area contributed by atoms with E-state index in [4.69, 9.17) is 0 Å². The second kappa shape index (κ2) is 8.11. The first-order valence-electron chi connectivity index (χ1n) is 9.98. The average Bonchev–Trinajstić information content (AvgIpc) is 3.19. The van der Waals surface area contributed by atoms with Crippen molar-refractivity contribution in [2.24, 2.45) is 0 Å². The Kier molecular flexibility index (Phi) is 5.95. The first kappa shape index (κ1) is 21.3. The standard InChI is InChI=1S/C25H30N2OS/c1-24(2,3)19-13-18(14-20(15-19)25(4,5)6)23(28)27-16-17-9-7-11-26-22(17)21-10-8-12-29-21/h7-15H,16H2,1-6H3,(H,27,28). The van der Waals surface area contributed by atoms with Crippen LogP contribution in [0.15, 0.2) is 54.0 Å². The molecule has 0 aliphatic heterocycles. The van der Waals surface area contributed by atoms with Crippen LogP contribution in [0, 0.1) is 0 Å². The molecular formula is C25H30N2OS. The number of amides is 1. The van der Waals surface area contributed by atoms with Gasteiger partial charge in [-0.1, -0.05) is 59.7 Å². The number of carbonyl (C=O) groups is 1. The maximum atomic E-state index is 13.0. The fourth-order valence-corrected chi connectivity index (χ4v) is 3.88. The van der Waals surface area contributed by atoms with Gasteiger partial charge in [0.1, 0.15) is 0 Å². The van der Waals surface area contributed by atoms with Crippen LogP contribution in [-0.2, 0) is 17.4 Å². The quantitative estimate of drug-likeness (QED) is 0.550. The SMILES string of the molecule is CC(C)(C)c1cc(C(=O)NCc2cccnc2-c2cccs2)cc(C(C)(C)C)c1. The first-order chi connectivity index (χ1) is 13.6. The second-order valence-corrected chi connectivity index (χ2v) is 10.4. The number of benzene rings is 1. The Morgan fingerprint density at radius 1 is 0.966 bits per heavy atom. The Morgan fingerprint density at radius 3 is 2.17 bits per heavy atom. The van der Waals surface area contributed by atoms with E-state index in [2.05, 4.69) is 64.0 Å². The Labute approximate surface area is 178 Å². The van der Waals surface area contributed by atoms with Crippen LogP contribution in [-0.4, -0.2) is 10.9 Å². The summed E-state index contributed by atoms with van der Waals surface area (Å²) in [5, 5.41) is 5.14. The number of rotatable bonds is 4. The third kappa shape index (κ3) is 5.13. The molecule has 0 radical (unpaired) electrons. The first-order valence-corrected chi connectivity index (χ1v) is 10.9. The van der Waals surface area contributed by atoms with Gasteiger partial charge in [0.2, 0.25) is 0 Å². The predicted octanol–water partition coefficient (Wildman–Crippen LogP) is 6.34. The summed E-state index contributed by atoms with van der Waals surface area (Å²) >= 11 is 1.65. The van der Waals surface area contributed by atoms with E-state index in [1.165, 1.54) is 11.1 Å². The Hall–Kier alpha value is -2.46. The minimum atomic E-state index is -0.0532. The number of carbonyl (C=O) groups excluding carboxylic acids is 1. The molecule has 152 valence electrons. The smallest absolute Gasteiger partial charge is 0.251 e. The number of hydrogen-bond acceptors (Lipinski definition) is 3. The van der Waals surface area contributed by atoms with E-state index in [0.717, 1.165) is 16.1 Å². The zero-order valence-corrected chi connectivity index (χ0v) is 19.0. The molecule has 0 atom stereocenters. The van der Waals surface area contributed by atoms with E-state index in [1.54, 1.807) is 17.5 Å². The average molecular weight is 407 g/mol. The van der Waals surface area contributed by atoms with Crippen molar-refractivity contribution >= 4 is 17.2 Å². The fourth-order valence-electron chi connectivity index (χ4n) is 3.12. The van der Waals surface area contributed by atoms with E-state index in [-0.39, 0.29) is 16.7 Å². The number of nitrogens with zero attached hydrogens (tertiary/aromatic N) is 1. The number of thiophene rings is 1. The van der Waals surface area contributed by atoms with E-state index >= 15 is 0 Å².